The monoisotopic (exact) mass is 339 g/mol. The van der Waals surface area contributed by atoms with Crippen molar-refractivity contribution >= 4 is 11.8 Å². The van der Waals surface area contributed by atoms with E-state index in [1.54, 1.807) is 45.0 Å². The SMILES string of the molecule is CC(C)(C)N(C(=O)O)c1cn(-c2ccc(CO)cc2)nc1C(F)F. The number of nitrogens with zero attached hydrogens (tertiary/aromatic N) is 3. The van der Waals surface area contributed by atoms with E-state index in [1.807, 2.05) is 0 Å². The van der Waals surface area contributed by atoms with Crippen molar-refractivity contribution in [2.45, 2.75) is 39.3 Å². The fourth-order valence-electron chi connectivity index (χ4n) is 2.34. The Bertz CT molecular complexity index is 721. The van der Waals surface area contributed by atoms with Gasteiger partial charge in [0, 0.05) is 5.54 Å². The molecule has 1 aromatic heterocycles. The van der Waals surface area contributed by atoms with Gasteiger partial charge in [0.05, 0.1) is 24.2 Å². The van der Waals surface area contributed by atoms with Gasteiger partial charge in [-0.05, 0) is 38.5 Å². The Labute approximate surface area is 137 Å². The number of alkyl halides is 2. The Morgan fingerprint density at radius 2 is 1.88 bits per heavy atom. The summed E-state index contributed by atoms with van der Waals surface area (Å²) in [4.78, 5) is 12.4. The number of carbonyl (C=O) groups is 1. The van der Waals surface area contributed by atoms with Gasteiger partial charge in [0.1, 0.15) is 0 Å². The Morgan fingerprint density at radius 3 is 2.29 bits per heavy atom. The second kappa shape index (κ2) is 6.56. The van der Waals surface area contributed by atoms with Gasteiger partial charge in [-0.1, -0.05) is 12.1 Å². The zero-order valence-corrected chi connectivity index (χ0v) is 13.6. The number of hydrogen-bond acceptors (Lipinski definition) is 3. The number of rotatable bonds is 4. The molecule has 0 fully saturated rings. The van der Waals surface area contributed by atoms with Crippen LogP contribution in [0.5, 0.6) is 0 Å². The minimum atomic E-state index is -2.91. The lowest BCUT2D eigenvalue weighted by molar-refractivity contribution is 0.145. The molecule has 0 aliphatic carbocycles. The quantitative estimate of drug-likeness (QED) is 0.892. The van der Waals surface area contributed by atoms with Crippen LogP contribution in [-0.2, 0) is 6.61 Å². The average molecular weight is 339 g/mol. The molecule has 1 aromatic carbocycles. The van der Waals surface area contributed by atoms with E-state index >= 15 is 0 Å². The van der Waals surface area contributed by atoms with Crippen molar-refractivity contribution in [1.82, 2.24) is 9.78 Å². The summed E-state index contributed by atoms with van der Waals surface area (Å²) in [5.41, 5.74) is -0.513. The standard InChI is InChI=1S/C16H19F2N3O3/c1-16(2,3)21(15(23)24)12-8-20(19-13(12)14(17)18)11-6-4-10(9-22)5-7-11/h4-8,14,22H,9H2,1-3H3,(H,23,24). The summed E-state index contributed by atoms with van der Waals surface area (Å²) in [6.07, 6.45) is -2.98. The number of benzene rings is 1. The predicted molar refractivity (Wildman–Crippen MR) is 84.7 cm³/mol. The fourth-order valence-corrected chi connectivity index (χ4v) is 2.34. The van der Waals surface area contributed by atoms with Gasteiger partial charge >= 0.3 is 6.09 Å². The summed E-state index contributed by atoms with van der Waals surface area (Å²) < 4.78 is 27.9. The van der Waals surface area contributed by atoms with Crippen molar-refractivity contribution in [3.8, 4) is 5.69 Å². The summed E-state index contributed by atoms with van der Waals surface area (Å²) in [6, 6.07) is 6.49. The van der Waals surface area contributed by atoms with Crippen LogP contribution in [0.15, 0.2) is 30.5 Å². The average Bonchev–Trinajstić information content (AvgIpc) is 2.90. The van der Waals surface area contributed by atoms with Gasteiger partial charge in [-0.25, -0.2) is 18.3 Å². The zero-order chi connectivity index (χ0) is 18.1. The molecule has 2 aromatic rings. The molecule has 0 atom stereocenters. The number of aliphatic hydroxyl groups excluding tert-OH is 1. The van der Waals surface area contributed by atoms with Crippen LogP contribution in [0.3, 0.4) is 0 Å². The molecule has 24 heavy (non-hydrogen) atoms. The highest BCUT2D eigenvalue weighted by Crippen LogP contribution is 2.33. The zero-order valence-electron chi connectivity index (χ0n) is 13.6. The first kappa shape index (κ1) is 17.9. The van der Waals surface area contributed by atoms with Gasteiger partial charge in [-0.2, -0.15) is 5.10 Å². The first-order chi connectivity index (χ1) is 11.1. The van der Waals surface area contributed by atoms with Crippen LogP contribution in [0, 0.1) is 0 Å². The maximum Gasteiger partial charge on any atom is 0.412 e. The summed E-state index contributed by atoms with van der Waals surface area (Å²) in [5, 5.41) is 22.3. The minimum absolute atomic E-state index is 0.135. The molecule has 0 saturated carbocycles. The maximum absolute atomic E-state index is 13.4. The number of carboxylic acid groups (broad SMARTS) is 1. The molecule has 0 aliphatic rings. The van der Waals surface area contributed by atoms with Gasteiger partial charge in [0.15, 0.2) is 5.69 Å². The lowest BCUT2D eigenvalue weighted by Gasteiger charge is -2.32. The van der Waals surface area contributed by atoms with E-state index in [2.05, 4.69) is 5.10 Å². The van der Waals surface area contributed by atoms with Crippen molar-refractivity contribution in [3.63, 3.8) is 0 Å². The lowest BCUT2D eigenvalue weighted by atomic mass is 10.1. The molecule has 0 radical (unpaired) electrons. The molecule has 8 heteroatoms. The lowest BCUT2D eigenvalue weighted by Crippen LogP contribution is -2.45. The van der Waals surface area contributed by atoms with Crippen LogP contribution in [-0.4, -0.2) is 31.6 Å². The van der Waals surface area contributed by atoms with Crippen molar-refractivity contribution in [3.05, 3.63) is 41.7 Å². The normalized spacial score (nSPS) is 11.8. The largest absolute Gasteiger partial charge is 0.465 e. The smallest absolute Gasteiger partial charge is 0.412 e. The van der Waals surface area contributed by atoms with E-state index in [9.17, 15) is 18.7 Å². The Morgan fingerprint density at radius 1 is 1.29 bits per heavy atom. The number of amides is 1. The molecule has 0 spiro atoms. The number of aromatic nitrogens is 2. The summed E-state index contributed by atoms with van der Waals surface area (Å²) >= 11 is 0. The van der Waals surface area contributed by atoms with Crippen molar-refractivity contribution in [1.29, 1.82) is 0 Å². The van der Waals surface area contributed by atoms with Crippen molar-refractivity contribution < 1.29 is 23.8 Å². The van der Waals surface area contributed by atoms with Crippen LogP contribution < -0.4 is 4.90 Å². The van der Waals surface area contributed by atoms with Crippen LogP contribution in [0.1, 0.15) is 38.5 Å². The second-order valence-electron chi connectivity index (χ2n) is 6.26. The first-order valence-electron chi connectivity index (χ1n) is 7.26. The molecule has 1 amide bonds. The molecule has 0 unspecified atom stereocenters. The third-order valence-electron chi connectivity index (χ3n) is 3.42. The number of aliphatic hydroxyl groups is 1. The molecular formula is C16H19F2N3O3. The van der Waals surface area contributed by atoms with E-state index in [1.165, 1.54) is 10.9 Å². The first-order valence-corrected chi connectivity index (χ1v) is 7.26. The Balaban J connectivity index is 2.55. The molecule has 2 N–H and O–H groups in total. The number of hydrogen-bond donors (Lipinski definition) is 2. The third kappa shape index (κ3) is 3.53. The minimum Gasteiger partial charge on any atom is -0.465 e. The highest BCUT2D eigenvalue weighted by molar-refractivity contribution is 5.88. The predicted octanol–water partition coefficient (Wildman–Crippen LogP) is 3.59. The van der Waals surface area contributed by atoms with E-state index < -0.39 is 23.8 Å². The molecule has 1 heterocycles. The van der Waals surface area contributed by atoms with Crippen LogP contribution in [0.4, 0.5) is 19.3 Å². The second-order valence-corrected chi connectivity index (χ2v) is 6.26. The maximum atomic E-state index is 13.4. The number of halogens is 2. The van der Waals surface area contributed by atoms with E-state index in [4.69, 9.17) is 5.11 Å². The third-order valence-corrected chi connectivity index (χ3v) is 3.42. The van der Waals surface area contributed by atoms with Crippen LogP contribution in [0.2, 0.25) is 0 Å². The summed E-state index contributed by atoms with van der Waals surface area (Å²) in [5.74, 6) is 0. The Hall–Kier alpha value is -2.48. The van der Waals surface area contributed by atoms with Gasteiger partial charge in [-0.3, -0.25) is 4.90 Å². The van der Waals surface area contributed by atoms with Crippen LogP contribution >= 0.6 is 0 Å². The molecule has 0 bridgehead atoms. The molecular weight excluding hydrogens is 320 g/mol. The molecule has 6 nitrogen and oxygen atoms in total. The highest BCUT2D eigenvalue weighted by Gasteiger charge is 2.34. The highest BCUT2D eigenvalue weighted by atomic mass is 19.3. The van der Waals surface area contributed by atoms with Crippen molar-refractivity contribution in [2.24, 2.45) is 0 Å². The number of anilines is 1. The molecule has 0 saturated heterocycles. The summed E-state index contributed by atoms with van der Waals surface area (Å²) in [6.45, 7) is 4.71. The van der Waals surface area contributed by atoms with Crippen LogP contribution in [0.25, 0.3) is 5.69 Å². The van der Waals surface area contributed by atoms with Gasteiger partial charge < -0.3 is 10.2 Å². The van der Waals surface area contributed by atoms with Gasteiger partial charge in [0.2, 0.25) is 0 Å². The Kier molecular flexibility index (Phi) is 4.88. The summed E-state index contributed by atoms with van der Waals surface area (Å²) in [7, 11) is 0. The van der Waals surface area contributed by atoms with E-state index in [0.717, 1.165) is 4.90 Å². The van der Waals surface area contributed by atoms with Gasteiger partial charge in [0.25, 0.3) is 6.43 Å². The molecule has 2 rings (SSSR count). The molecule has 130 valence electrons. The topological polar surface area (TPSA) is 78.6 Å². The molecule has 0 aliphatic heterocycles. The van der Waals surface area contributed by atoms with Crippen molar-refractivity contribution in [2.75, 3.05) is 4.90 Å². The fraction of sp³-hybridized carbons (Fsp3) is 0.375. The van der Waals surface area contributed by atoms with Gasteiger partial charge in [-0.15, -0.1) is 0 Å². The van der Waals surface area contributed by atoms with E-state index in [0.29, 0.717) is 11.3 Å². The van der Waals surface area contributed by atoms with E-state index in [-0.39, 0.29) is 12.3 Å².